The van der Waals surface area contributed by atoms with E-state index in [1.807, 2.05) is 6.21 Å². The second-order valence-corrected chi connectivity index (χ2v) is 2.36. The Kier molecular flexibility index (Phi) is 2.22. The van der Waals surface area contributed by atoms with Crippen LogP contribution in [0.3, 0.4) is 0 Å². The van der Waals surface area contributed by atoms with E-state index in [4.69, 9.17) is 4.74 Å². The number of nitrogens with zero attached hydrogens (tertiary/aromatic N) is 1. The molecule has 1 saturated heterocycles. The Bertz CT molecular complexity index is 111. The summed E-state index contributed by atoms with van der Waals surface area (Å²) in [6, 6.07) is 0. The van der Waals surface area contributed by atoms with Crippen LogP contribution in [0.1, 0.15) is 20.3 Å². The Balaban J connectivity index is 2.03. The molecule has 1 aliphatic rings. The predicted molar refractivity (Wildman–Crippen MR) is 38.0 cm³/mol. The summed E-state index contributed by atoms with van der Waals surface area (Å²) in [5.41, 5.74) is 0. The number of aliphatic imine (C=N–C) groups is 1. The van der Waals surface area contributed by atoms with E-state index in [0.717, 1.165) is 13.0 Å². The number of ether oxygens (including phenoxy) is 1. The molecular formula is C7H13NO. The molecule has 0 unspecified atom stereocenters. The van der Waals surface area contributed by atoms with Gasteiger partial charge in [-0.05, 0) is 13.3 Å². The van der Waals surface area contributed by atoms with E-state index in [1.165, 1.54) is 0 Å². The molecule has 2 nitrogen and oxygen atoms in total. The van der Waals surface area contributed by atoms with Crippen LogP contribution in [0, 0.1) is 0 Å². The molecule has 0 spiro atoms. The predicted octanol–water partition coefficient (Wildman–Crippen LogP) is 1.25. The minimum Gasteiger partial charge on any atom is -0.364 e. The fraction of sp³-hybridized carbons (Fsp3) is 0.857. The molecule has 52 valence electrons. The van der Waals surface area contributed by atoms with E-state index in [0.29, 0.717) is 12.2 Å². The van der Waals surface area contributed by atoms with Crippen LogP contribution in [0.2, 0.25) is 0 Å². The van der Waals surface area contributed by atoms with Crippen LogP contribution in [-0.2, 0) is 4.74 Å². The first-order valence-corrected chi connectivity index (χ1v) is 3.50. The van der Waals surface area contributed by atoms with Gasteiger partial charge in [-0.2, -0.15) is 0 Å². The van der Waals surface area contributed by atoms with Crippen molar-refractivity contribution in [2.45, 2.75) is 32.5 Å². The molecule has 0 aromatic carbocycles. The normalized spacial score (nSPS) is 33.6. The average molecular weight is 127 g/mol. The number of epoxide rings is 1. The zero-order valence-corrected chi connectivity index (χ0v) is 6.00. The topological polar surface area (TPSA) is 24.9 Å². The summed E-state index contributed by atoms with van der Waals surface area (Å²) in [4.78, 5) is 4.15. The van der Waals surface area contributed by atoms with Gasteiger partial charge < -0.3 is 4.74 Å². The van der Waals surface area contributed by atoms with Crippen molar-refractivity contribution in [1.29, 1.82) is 0 Å². The monoisotopic (exact) mass is 127 g/mol. The highest BCUT2D eigenvalue weighted by Crippen LogP contribution is 2.17. The number of hydrogen-bond acceptors (Lipinski definition) is 2. The van der Waals surface area contributed by atoms with E-state index < -0.39 is 0 Å². The maximum Gasteiger partial charge on any atom is 0.118 e. The van der Waals surface area contributed by atoms with Gasteiger partial charge in [0, 0.05) is 12.8 Å². The van der Waals surface area contributed by atoms with Gasteiger partial charge in [0.2, 0.25) is 0 Å². The molecule has 9 heavy (non-hydrogen) atoms. The van der Waals surface area contributed by atoms with E-state index in [1.54, 1.807) is 0 Å². The molecule has 0 radical (unpaired) electrons. The summed E-state index contributed by atoms with van der Waals surface area (Å²) in [6.07, 6.45) is 3.79. The van der Waals surface area contributed by atoms with E-state index in [-0.39, 0.29) is 0 Å². The molecule has 0 saturated carbocycles. The summed E-state index contributed by atoms with van der Waals surface area (Å²) in [5.74, 6) is 0. The highest BCUT2D eigenvalue weighted by atomic mass is 16.6. The lowest BCUT2D eigenvalue weighted by Gasteiger charge is -1.81. The van der Waals surface area contributed by atoms with Crippen LogP contribution in [-0.4, -0.2) is 25.0 Å². The van der Waals surface area contributed by atoms with Crippen molar-refractivity contribution >= 4 is 6.21 Å². The molecule has 0 amide bonds. The summed E-state index contributed by atoms with van der Waals surface area (Å²) in [6.45, 7) is 5.11. The van der Waals surface area contributed by atoms with Gasteiger partial charge in [0.05, 0.1) is 6.10 Å². The van der Waals surface area contributed by atoms with Crippen molar-refractivity contribution < 1.29 is 4.74 Å². The first-order valence-electron chi connectivity index (χ1n) is 3.50. The fourth-order valence-corrected chi connectivity index (χ4v) is 0.666. The maximum atomic E-state index is 5.11. The minimum atomic E-state index is 0.330. The van der Waals surface area contributed by atoms with Gasteiger partial charge in [-0.3, -0.25) is 4.99 Å². The molecule has 2 heteroatoms. The molecular weight excluding hydrogens is 114 g/mol. The van der Waals surface area contributed by atoms with Crippen LogP contribution >= 0.6 is 0 Å². The Hall–Kier alpha value is -0.370. The SMILES string of the molecule is CCCN=C[C@H]1O[C@@H]1C. The van der Waals surface area contributed by atoms with Crippen LogP contribution in [0.15, 0.2) is 4.99 Å². The molecule has 0 aromatic rings. The second kappa shape index (κ2) is 2.97. The van der Waals surface area contributed by atoms with E-state index in [2.05, 4.69) is 18.8 Å². The zero-order valence-electron chi connectivity index (χ0n) is 6.00. The van der Waals surface area contributed by atoms with Crippen LogP contribution in [0.4, 0.5) is 0 Å². The molecule has 1 fully saturated rings. The first-order chi connectivity index (χ1) is 4.34. The van der Waals surface area contributed by atoms with Gasteiger partial charge in [-0.15, -0.1) is 0 Å². The lowest BCUT2D eigenvalue weighted by atomic mass is 10.4. The van der Waals surface area contributed by atoms with Gasteiger partial charge in [-0.25, -0.2) is 0 Å². The van der Waals surface area contributed by atoms with Gasteiger partial charge in [0.1, 0.15) is 6.10 Å². The zero-order chi connectivity index (χ0) is 6.69. The molecule has 1 rings (SSSR count). The van der Waals surface area contributed by atoms with E-state index >= 15 is 0 Å². The lowest BCUT2D eigenvalue weighted by Crippen LogP contribution is -1.90. The second-order valence-electron chi connectivity index (χ2n) is 2.36. The Morgan fingerprint density at radius 3 is 2.78 bits per heavy atom. The number of hydrogen-bond donors (Lipinski definition) is 0. The van der Waals surface area contributed by atoms with Gasteiger partial charge in [0.25, 0.3) is 0 Å². The Morgan fingerprint density at radius 1 is 1.67 bits per heavy atom. The summed E-state index contributed by atoms with van der Waals surface area (Å²) >= 11 is 0. The quantitative estimate of drug-likeness (QED) is 0.413. The van der Waals surface area contributed by atoms with Gasteiger partial charge in [-0.1, -0.05) is 6.92 Å². The Morgan fingerprint density at radius 2 is 2.33 bits per heavy atom. The molecule has 2 atom stereocenters. The minimum absolute atomic E-state index is 0.330. The average Bonchev–Trinajstić information content (AvgIpc) is 2.48. The third-order valence-corrected chi connectivity index (χ3v) is 1.36. The highest BCUT2D eigenvalue weighted by Gasteiger charge is 2.31. The van der Waals surface area contributed by atoms with Crippen molar-refractivity contribution in [3.05, 3.63) is 0 Å². The smallest absolute Gasteiger partial charge is 0.118 e. The standard InChI is InChI=1S/C7H13NO/c1-3-4-8-5-7-6(2)9-7/h5-7H,3-4H2,1-2H3/t6-,7-/m1/s1. The third kappa shape index (κ3) is 2.14. The van der Waals surface area contributed by atoms with Crippen molar-refractivity contribution in [2.75, 3.05) is 6.54 Å². The number of rotatable bonds is 3. The maximum absolute atomic E-state index is 5.11. The molecule has 1 heterocycles. The van der Waals surface area contributed by atoms with Crippen molar-refractivity contribution in [3.63, 3.8) is 0 Å². The summed E-state index contributed by atoms with van der Waals surface area (Å²) < 4.78 is 5.11. The van der Waals surface area contributed by atoms with Gasteiger partial charge >= 0.3 is 0 Å². The molecule has 0 aliphatic carbocycles. The van der Waals surface area contributed by atoms with E-state index in [9.17, 15) is 0 Å². The molecule has 0 bridgehead atoms. The lowest BCUT2D eigenvalue weighted by molar-refractivity contribution is 0.408. The van der Waals surface area contributed by atoms with Crippen LogP contribution < -0.4 is 0 Å². The van der Waals surface area contributed by atoms with Crippen LogP contribution in [0.25, 0.3) is 0 Å². The first kappa shape index (κ1) is 6.75. The third-order valence-electron chi connectivity index (χ3n) is 1.36. The molecule has 1 aliphatic heterocycles. The van der Waals surface area contributed by atoms with Crippen LogP contribution in [0.5, 0.6) is 0 Å². The van der Waals surface area contributed by atoms with Gasteiger partial charge in [0.15, 0.2) is 0 Å². The fourth-order valence-electron chi connectivity index (χ4n) is 0.666. The van der Waals surface area contributed by atoms with Crippen molar-refractivity contribution in [2.24, 2.45) is 4.99 Å². The molecule has 0 N–H and O–H groups in total. The van der Waals surface area contributed by atoms with Crippen molar-refractivity contribution in [3.8, 4) is 0 Å². The highest BCUT2D eigenvalue weighted by molar-refractivity contribution is 5.66. The summed E-state index contributed by atoms with van der Waals surface area (Å²) in [7, 11) is 0. The van der Waals surface area contributed by atoms with Crippen molar-refractivity contribution in [1.82, 2.24) is 0 Å². The summed E-state index contributed by atoms with van der Waals surface area (Å²) in [5, 5.41) is 0. The Labute approximate surface area is 55.9 Å². The largest absolute Gasteiger partial charge is 0.364 e. The molecule has 0 aromatic heterocycles.